The van der Waals surface area contributed by atoms with Crippen LogP contribution in [-0.4, -0.2) is 52.6 Å². The first-order valence-electron chi connectivity index (χ1n) is 9.91. The maximum Gasteiger partial charge on any atom is 0.410 e. The van der Waals surface area contributed by atoms with Crippen LogP contribution in [0.5, 0.6) is 0 Å². The van der Waals surface area contributed by atoms with Crippen LogP contribution in [0.2, 0.25) is 0 Å². The summed E-state index contributed by atoms with van der Waals surface area (Å²) >= 11 is 0. The molecule has 30 heavy (non-hydrogen) atoms. The molecule has 154 valence electrons. The van der Waals surface area contributed by atoms with E-state index in [1.165, 1.54) is 4.90 Å². The minimum Gasteiger partial charge on any atom is -0.445 e. The summed E-state index contributed by atoms with van der Waals surface area (Å²) in [5, 5.41) is 0. The van der Waals surface area contributed by atoms with Gasteiger partial charge in [0, 0.05) is 25.6 Å². The standard InChI is InChI=1S/C23H22N2O5/c1-15-11-20(26)17(12-24(15)23(29)30-14-16-7-3-2-4-8-16)13-25-21(27)18-9-5-6-10-19(18)22(25)28/h2-10,15,17H,11-14H2,1H3. The summed E-state index contributed by atoms with van der Waals surface area (Å²) in [7, 11) is 0. The molecule has 7 nitrogen and oxygen atoms in total. The molecule has 0 aliphatic carbocycles. The highest BCUT2D eigenvalue weighted by Gasteiger charge is 2.41. The van der Waals surface area contributed by atoms with Crippen LogP contribution in [0.25, 0.3) is 0 Å². The zero-order chi connectivity index (χ0) is 21.3. The Balaban J connectivity index is 1.43. The minimum atomic E-state index is -0.632. The zero-order valence-corrected chi connectivity index (χ0v) is 16.6. The first-order valence-corrected chi connectivity index (χ1v) is 9.91. The Morgan fingerprint density at radius 3 is 2.20 bits per heavy atom. The number of nitrogens with zero attached hydrogens (tertiary/aromatic N) is 2. The molecule has 2 aromatic rings. The number of hydrogen-bond donors (Lipinski definition) is 0. The molecule has 2 unspecified atom stereocenters. The summed E-state index contributed by atoms with van der Waals surface area (Å²) in [6, 6.07) is 15.6. The molecule has 3 amide bonds. The van der Waals surface area contributed by atoms with Crippen molar-refractivity contribution in [3.63, 3.8) is 0 Å². The quantitative estimate of drug-likeness (QED) is 0.729. The van der Waals surface area contributed by atoms with Gasteiger partial charge < -0.3 is 9.64 Å². The molecule has 0 bridgehead atoms. The zero-order valence-electron chi connectivity index (χ0n) is 16.6. The van der Waals surface area contributed by atoms with Gasteiger partial charge in [-0.2, -0.15) is 0 Å². The van der Waals surface area contributed by atoms with Gasteiger partial charge in [0.05, 0.1) is 17.0 Å². The Kier molecular flexibility index (Phi) is 5.35. The van der Waals surface area contributed by atoms with Crippen LogP contribution in [-0.2, 0) is 16.1 Å². The second-order valence-corrected chi connectivity index (χ2v) is 7.68. The molecule has 0 radical (unpaired) electrons. The van der Waals surface area contributed by atoms with Gasteiger partial charge in [-0.05, 0) is 24.6 Å². The van der Waals surface area contributed by atoms with Crippen LogP contribution in [0.1, 0.15) is 39.6 Å². The first kappa shape index (κ1) is 19.8. The molecule has 2 aliphatic rings. The fourth-order valence-electron chi connectivity index (χ4n) is 3.93. The Labute approximate surface area is 174 Å². The third-order valence-corrected chi connectivity index (χ3v) is 5.62. The van der Waals surface area contributed by atoms with Crippen LogP contribution >= 0.6 is 0 Å². The highest BCUT2D eigenvalue weighted by atomic mass is 16.6. The molecule has 1 fully saturated rings. The predicted molar refractivity (Wildman–Crippen MR) is 108 cm³/mol. The van der Waals surface area contributed by atoms with Crippen molar-refractivity contribution in [2.75, 3.05) is 13.1 Å². The lowest BCUT2D eigenvalue weighted by Gasteiger charge is -2.37. The number of carbonyl (C=O) groups is 4. The van der Waals surface area contributed by atoms with Crippen LogP contribution in [0.3, 0.4) is 0 Å². The van der Waals surface area contributed by atoms with Gasteiger partial charge in [-0.15, -0.1) is 0 Å². The summed E-state index contributed by atoms with van der Waals surface area (Å²) in [4.78, 5) is 53.1. The highest BCUT2D eigenvalue weighted by molar-refractivity contribution is 6.21. The molecule has 2 atom stereocenters. The summed E-state index contributed by atoms with van der Waals surface area (Å²) in [5.74, 6) is -1.50. The van der Waals surface area contributed by atoms with Gasteiger partial charge in [0.25, 0.3) is 11.8 Å². The van der Waals surface area contributed by atoms with Gasteiger partial charge in [-0.1, -0.05) is 42.5 Å². The normalized spacial score (nSPS) is 21.0. The van der Waals surface area contributed by atoms with Crippen molar-refractivity contribution in [2.24, 2.45) is 5.92 Å². The third-order valence-electron chi connectivity index (χ3n) is 5.62. The van der Waals surface area contributed by atoms with E-state index in [-0.39, 0.29) is 37.9 Å². The number of ether oxygens (including phenoxy) is 1. The topological polar surface area (TPSA) is 84.0 Å². The Morgan fingerprint density at radius 1 is 0.967 bits per heavy atom. The summed E-state index contributed by atoms with van der Waals surface area (Å²) in [6.45, 7) is 2.00. The molecule has 2 heterocycles. The monoisotopic (exact) mass is 406 g/mol. The fraction of sp³-hybridized carbons (Fsp3) is 0.304. The van der Waals surface area contributed by atoms with Gasteiger partial charge in [0.15, 0.2) is 0 Å². The van der Waals surface area contributed by atoms with Crippen molar-refractivity contribution in [2.45, 2.75) is 26.0 Å². The number of ketones is 1. The molecule has 0 aromatic heterocycles. The number of amides is 3. The van der Waals surface area contributed by atoms with E-state index in [1.54, 1.807) is 31.2 Å². The van der Waals surface area contributed by atoms with E-state index in [2.05, 4.69) is 0 Å². The van der Waals surface area contributed by atoms with Crippen molar-refractivity contribution in [1.29, 1.82) is 0 Å². The van der Waals surface area contributed by atoms with Crippen molar-refractivity contribution >= 4 is 23.7 Å². The van der Waals surface area contributed by atoms with Crippen LogP contribution in [0, 0.1) is 5.92 Å². The Hall–Kier alpha value is -3.48. The Morgan fingerprint density at radius 2 is 1.57 bits per heavy atom. The third kappa shape index (κ3) is 3.70. The molecule has 4 rings (SSSR count). The molecule has 2 aliphatic heterocycles. The first-order chi connectivity index (χ1) is 14.5. The smallest absolute Gasteiger partial charge is 0.410 e. The molecule has 0 spiro atoms. The summed E-state index contributed by atoms with van der Waals surface area (Å²) < 4.78 is 5.41. The van der Waals surface area contributed by atoms with E-state index in [0.717, 1.165) is 10.5 Å². The van der Waals surface area contributed by atoms with Crippen molar-refractivity contribution < 1.29 is 23.9 Å². The molecule has 0 saturated carbocycles. The van der Waals surface area contributed by atoms with Gasteiger partial charge >= 0.3 is 6.09 Å². The molecular formula is C23H22N2O5. The summed E-state index contributed by atoms with van der Waals surface area (Å²) in [6.07, 6.45) is -0.347. The van der Waals surface area contributed by atoms with E-state index in [9.17, 15) is 19.2 Å². The number of likely N-dealkylation sites (tertiary alicyclic amines) is 1. The van der Waals surface area contributed by atoms with Crippen molar-refractivity contribution in [3.8, 4) is 0 Å². The van der Waals surface area contributed by atoms with E-state index >= 15 is 0 Å². The number of benzene rings is 2. The van der Waals surface area contributed by atoms with Gasteiger partial charge in [-0.25, -0.2) is 4.79 Å². The summed E-state index contributed by atoms with van der Waals surface area (Å²) in [5.41, 5.74) is 1.56. The predicted octanol–water partition coefficient (Wildman–Crippen LogP) is 2.90. The average molecular weight is 406 g/mol. The number of piperidine rings is 1. The number of fused-ring (bicyclic) bond motifs is 1. The average Bonchev–Trinajstić information content (AvgIpc) is 2.99. The largest absolute Gasteiger partial charge is 0.445 e. The maximum atomic E-state index is 12.6. The maximum absolute atomic E-state index is 12.6. The van der Waals surface area contributed by atoms with Crippen LogP contribution < -0.4 is 0 Å². The second kappa shape index (κ2) is 8.10. The number of carbonyl (C=O) groups excluding carboxylic acids is 4. The molecular weight excluding hydrogens is 384 g/mol. The van der Waals surface area contributed by atoms with Gasteiger partial charge in [0.1, 0.15) is 12.4 Å². The van der Waals surface area contributed by atoms with Crippen molar-refractivity contribution in [1.82, 2.24) is 9.80 Å². The van der Waals surface area contributed by atoms with E-state index < -0.39 is 23.8 Å². The minimum absolute atomic E-state index is 0.0413. The highest BCUT2D eigenvalue weighted by Crippen LogP contribution is 2.26. The van der Waals surface area contributed by atoms with E-state index in [1.807, 2.05) is 30.3 Å². The number of rotatable bonds is 4. The molecule has 2 aromatic carbocycles. The lowest BCUT2D eigenvalue weighted by Crippen LogP contribution is -2.52. The Bertz CT molecular complexity index is 969. The van der Waals surface area contributed by atoms with Crippen LogP contribution in [0.15, 0.2) is 54.6 Å². The van der Waals surface area contributed by atoms with Gasteiger partial charge in [-0.3, -0.25) is 19.3 Å². The van der Waals surface area contributed by atoms with Gasteiger partial charge in [0.2, 0.25) is 0 Å². The number of imide groups is 1. The van der Waals surface area contributed by atoms with Crippen LogP contribution in [0.4, 0.5) is 4.79 Å². The SMILES string of the molecule is CC1CC(=O)C(CN2C(=O)c3ccccc3C2=O)CN1C(=O)OCc1ccccc1. The van der Waals surface area contributed by atoms with E-state index in [4.69, 9.17) is 4.74 Å². The van der Waals surface area contributed by atoms with Crippen molar-refractivity contribution in [3.05, 3.63) is 71.3 Å². The lowest BCUT2D eigenvalue weighted by molar-refractivity contribution is -0.127. The molecule has 0 N–H and O–H groups in total. The second-order valence-electron chi connectivity index (χ2n) is 7.68. The van der Waals surface area contributed by atoms with E-state index in [0.29, 0.717) is 11.1 Å². The lowest BCUT2D eigenvalue weighted by atomic mass is 9.92. The molecule has 1 saturated heterocycles. The number of Topliss-reactive ketones (excluding diaryl/α,β-unsaturated/α-hetero) is 1. The fourth-order valence-corrected chi connectivity index (χ4v) is 3.93. The molecule has 7 heteroatoms. The number of hydrogen-bond acceptors (Lipinski definition) is 5.